The molecular formula is C24H24F3NO. The molecule has 1 N–H and O–H groups in total. The highest BCUT2D eigenvalue weighted by Crippen LogP contribution is 2.29. The van der Waals surface area contributed by atoms with E-state index in [1.54, 1.807) is 29.2 Å². The van der Waals surface area contributed by atoms with E-state index < -0.39 is 18.3 Å². The Morgan fingerprint density at radius 3 is 1.41 bits per heavy atom. The molecule has 0 spiro atoms. The lowest BCUT2D eigenvalue weighted by Gasteiger charge is -2.36. The van der Waals surface area contributed by atoms with Gasteiger partial charge in [0.05, 0.1) is 0 Å². The lowest BCUT2D eigenvalue weighted by atomic mass is 9.97. The number of alkyl halides is 3. The van der Waals surface area contributed by atoms with Crippen molar-refractivity contribution in [1.82, 2.24) is 4.90 Å². The Labute approximate surface area is 169 Å². The molecule has 0 fully saturated rings. The second-order valence-corrected chi connectivity index (χ2v) is 7.12. The van der Waals surface area contributed by atoms with Crippen LogP contribution in [0.25, 0.3) is 0 Å². The van der Waals surface area contributed by atoms with Crippen molar-refractivity contribution >= 4 is 0 Å². The summed E-state index contributed by atoms with van der Waals surface area (Å²) in [5.74, 6) is 0. The summed E-state index contributed by atoms with van der Waals surface area (Å²) in [6.45, 7) is 0.612. The number of aliphatic hydroxyl groups is 1. The highest BCUT2D eigenvalue weighted by Gasteiger charge is 2.45. The average molecular weight is 399 g/mol. The summed E-state index contributed by atoms with van der Waals surface area (Å²) >= 11 is 0. The molecule has 0 aliphatic carbocycles. The molecular weight excluding hydrogens is 375 g/mol. The van der Waals surface area contributed by atoms with E-state index in [-0.39, 0.29) is 6.42 Å². The Hall–Kier alpha value is -2.63. The van der Waals surface area contributed by atoms with Gasteiger partial charge in [-0.25, -0.2) is 0 Å². The van der Waals surface area contributed by atoms with Crippen LogP contribution in [0.3, 0.4) is 0 Å². The third kappa shape index (κ3) is 6.17. The number of nitrogens with zero attached hydrogens (tertiary/aromatic N) is 1. The van der Waals surface area contributed by atoms with Gasteiger partial charge in [-0.15, -0.1) is 0 Å². The molecule has 5 heteroatoms. The molecule has 0 amide bonds. The molecule has 0 aliphatic heterocycles. The molecule has 3 aromatic rings. The van der Waals surface area contributed by atoms with E-state index in [1.165, 1.54) is 0 Å². The smallest absolute Gasteiger partial charge is 0.382 e. The first-order chi connectivity index (χ1) is 13.9. The van der Waals surface area contributed by atoms with Gasteiger partial charge >= 0.3 is 6.18 Å². The zero-order chi connectivity index (χ0) is 20.7. The number of halogens is 3. The second-order valence-electron chi connectivity index (χ2n) is 7.12. The first-order valence-corrected chi connectivity index (χ1v) is 9.54. The van der Waals surface area contributed by atoms with Crippen LogP contribution in [0.4, 0.5) is 13.2 Å². The summed E-state index contributed by atoms with van der Waals surface area (Å²) in [5, 5.41) is 10.3. The van der Waals surface area contributed by atoms with Gasteiger partial charge in [-0.2, -0.15) is 13.2 Å². The Balaban J connectivity index is 1.95. The van der Waals surface area contributed by atoms with Gasteiger partial charge in [0.1, 0.15) is 0 Å². The predicted octanol–water partition coefficient (Wildman–Crippen LogP) is 5.22. The Kier molecular flexibility index (Phi) is 7.07. The van der Waals surface area contributed by atoms with E-state index in [1.807, 2.05) is 66.7 Å². The summed E-state index contributed by atoms with van der Waals surface area (Å²) < 4.78 is 40.7. The predicted molar refractivity (Wildman–Crippen MR) is 108 cm³/mol. The van der Waals surface area contributed by atoms with Crippen molar-refractivity contribution in [2.24, 2.45) is 0 Å². The summed E-state index contributed by atoms with van der Waals surface area (Å²) in [5.41, 5.74) is 2.55. The lowest BCUT2D eigenvalue weighted by Crippen LogP contribution is -2.50. The van der Waals surface area contributed by atoms with Crippen LogP contribution < -0.4 is 0 Å². The van der Waals surface area contributed by atoms with Gasteiger partial charge in [-0.3, -0.25) is 4.90 Å². The van der Waals surface area contributed by atoms with Crippen LogP contribution in [-0.2, 0) is 19.5 Å². The van der Waals surface area contributed by atoms with E-state index in [0.29, 0.717) is 13.1 Å². The number of aliphatic hydroxyl groups excluding tert-OH is 1. The van der Waals surface area contributed by atoms with Crippen LogP contribution in [0, 0.1) is 0 Å². The van der Waals surface area contributed by atoms with E-state index in [4.69, 9.17) is 0 Å². The average Bonchev–Trinajstić information content (AvgIpc) is 2.73. The SMILES string of the molecule is O[C@@H]([C@H](Cc1ccccc1)N(Cc1ccccc1)Cc1ccccc1)C(F)(F)F. The highest BCUT2D eigenvalue weighted by molar-refractivity contribution is 5.20. The Morgan fingerprint density at radius 2 is 1.03 bits per heavy atom. The molecule has 0 radical (unpaired) electrons. The van der Waals surface area contributed by atoms with Crippen molar-refractivity contribution in [3.63, 3.8) is 0 Å². The van der Waals surface area contributed by atoms with Crippen molar-refractivity contribution in [1.29, 1.82) is 0 Å². The Morgan fingerprint density at radius 1 is 0.655 bits per heavy atom. The van der Waals surface area contributed by atoms with Gasteiger partial charge in [0.25, 0.3) is 0 Å². The molecule has 2 nitrogen and oxygen atoms in total. The zero-order valence-electron chi connectivity index (χ0n) is 16.0. The second kappa shape index (κ2) is 9.72. The number of benzene rings is 3. The van der Waals surface area contributed by atoms with Crippen LogP contribution >= 0.6 is 0 Å². The van der Waals surface area contributed by atoms with Gasteiger partial charge in [-0.1, -0.05) is 91.0 Å². The fourth-order valence-corrected chi connectivity index (χ4v) is 3.44. The molecule has 3 rings (SSSR count). The van der Waals surface area contributed by atoms with Crippen LogP contribution in [-0.4, -0.2) is 28.3 Å². The van der Waals surface area contributed by atoms with E-state index >= 15 is 0 Å². The van der Waals surface area contributed by atoms with Crippen molar-refractivity contribution in [3.8, 4) is 0 Å². The van der Waals surface area contributed by atoms with Crippen LogP contribution in [0.15, 0.2) is 91.0 Å². The largest absolute Gasteiger partial charge is 0.415 e. The fraction of sp³-hybridized carbons (Fsp3) is 0.250. The third-order valence-corrected chi connectivity index (χ3v) is 4.91. The van der Waals surface area contributed by atoms with Crippen molar-refractivity contribution in [3.05, 3.63) is 108 Å². The summed E-state index contributed by atoms with van der Waals surface area (Å²) in [6, 6.07) is 26.6. The van der Waals surface area contributed by atoms with Gasteiger partial charge in [0.2, 0.25) is 0 Å². The zero-order valence-corrected chi connectivity index (χ0v) is 16.0. The fourth-order valence-electron chi connectivity index (χ4n) is 3.44. The molecule has 29 heavy (non-hydrogen) atoms. The minimum absolute atomic E-state index is 0.0984. The molecule has 152 valence electrons. The highest BCUT2D eigenvalue weighted by atomic mass is 19.4. The third-order valence-electron chi connectivity index (χ3n) is 4.91. The maximum atomic E-state index is 13.6. The minimum Gasteiger partial charge on any atom is -0.382 e. The summed E-state index contributed by atoms with van der Waals surface area (Å²) in [4.78, 5) is 1.72. The van der Waals surface area contributed by atoms with Gasteiger partial charge in [0, 0.05) is 19.1 Å². The first-order valence-electron chi connectivity index (χ1n) is 9.54. The molecule has 3 aromatic carbocycles. The van der Waals surface area contributed by atoms with Crippen molar-refractivity contribution in [2.45, 2.75) is 37.8 Å². The molecule has 2 atom stereocenters. The number of hydrogen-bond acceptors (Lipinski definition) is 2. The maximum absolute atomic E-state index is 13.6. The normalized spacial score (nSPS) is 14.0. The molecule has 0 aromatic heterocycles. The Bertz CT molecular complexity index is 812. The molecule has 0 bridgehead atoms. The molecule has 0 saturated carbocycles. The number of rotatable bonds is 8. The van der Waals surface area contributed by atoms with Gasteiger partial charge in [-0.05, 0) is 23.1 Å². The van der Waals surface area contributed by atoms with Crippen molar-refractivity contribution < 1.29 is 18.3 Å². The van der Waals surface area contributed by atoms with Gasteiger partial charge in [0.15, 0.2) is 6.10 Å². The van der Waals surface area contributed by atoms with Crippen LogP contribution in [0.5, 0.6) is 0 Å². The van der Waals surface area contributed by atoms with Crippen molar-refractivity contribution in [2.75, 3.05) is 0 Å². The first kappa shape index (κ1) is 21.1. The lowest BCUT2D eigenvalue weighted by molar-refractivity contribution is -0.223. The molecule has 0 aliphatic rings. The molecule has 0 heterocycles. The quantitative estimate of drug-likeness (QED) is 0.561. The minimum atomic E-state index is -4.70. The number of hydrogen-bond donors (Lipinski definition) is 1. The molecule has 0 saturated heterocycles. The van der Waals surface area contributed by atoms with E-state index in [2.05, 4.69) is 0 Å². The van der Waals surface area contributed by atoms with Gasteiger partial charge < -0.3 is 5.11 Å². The van der Waals surface area contributed by atoms with Crippen LogP contribution in [0.2, 0.25) is 0 Å². The standard InChI is InChI=1S/C24H24F3NO/c25-24(26,27)23(29)22(16-19-10-4-1-5-11-19)28(17-20-12-6-2-7-13-20)18-21-14-8-3-9-15-21/h1-15,22-23,29H,16-18H2/t22-,23-/m0/s1. The topological polar surface area (TPSA) is 23.5 Å². The van der Waals surface area contributed by atoms with E-state index in [9.17, 15) is 18.3 Å². The van der Waals surface area contributed by atoms with E-state index in [0.717, 1.165) is 16.7 Å². The molecule has 0 unspecified atom stereocenters. The summed E-state index contributed by atoms with van der Waals surface area (Å²) in [7, 11) is 0. The summed E-state index contributed by atoms with van der Waals surface area (Å²) in [6.07, 6.45) is -7.05. The van der Waals surface area contributed by atoms with Crippen LogP contribution in [0.1, 0.15) is 16.7 Å². The maximum Gasteiger partial charge on any atom is 0.415 e. The monoisotopic (exact) mass is 399 g/mol.